The summed E-state index contributed by atoms with van der Waals surface area (Å²) >= 11 is 2.04. The molecule has 3 rings (SSSR count). The van der Waals surface area contributed by atoms with Crippen LogP contribution in [0.5, 0.6) is 0 Å². The molecule has 0 saturated carbocycles. The molecule has 25 heavy (non-hydrogen) atoms. The van der Waals surface area contributed by atoms with E-state index in [4.69, 9.17) is 10.9 Å². The molecule has 0 aliphatic carbocycles. The molecule has 0 unspecified atom stereocenters. The largest absolute Gasteiger partial charge is 0.382 e. The standard InChI is InChI=1S/C16H12F2N4OS2/c17-10-2-1-3-11(18)12(10)13(23)14-15(19)22-16(24-14)21-8-4-6-9(25-20)7-5-8/h1-7H,19-20H2,(H,21,22). The van der Waals surface area contributed by atoms with Crippen molar-refractivity contribution in [3.63, 3.8) is 0 Å². The van der Waals surface area contributed by atoms with Gasteiger partial charge in [-0.3, -0.25) is 9.93 Å². The van der Waals surface area contributed by atoms with Crippen LogP contribution in [0.15, 0.2) is 47.4 Å². The monoisotopic (exact) mass is 378 g/mol. The highest BCUT2D eigenvalue weighted by atomic mass is 32.2. The van der Waals surface area contributed by atoms with Gasteiger partial charge in [0, 0.05) is 10.6 Å². The summed E-state index contributed by atoms with van der Waals surface area (Å²) in [6.45, 7) is 0. The number of benzene rings is 2. The minimum Gasteiger partial charge on any atom is -0.382 e. The molecule has 0 fully saturated rings. The smallest absolute Gasteiger partial charge is 0.212 e. The number of rotatable bonds is 5. The van der Waals surface area contributed by atoms with Gasteiger partial charge >= 0.3 is 0 Å². The molecular formula is C16H12F2N4OS2. The highest BCUT2D eigenvalue weighted by molar-refractivity contribution is 7.97. The molecule has 1 aromatic heterocycles. The minimum absolute atomic E-state index is 0.0272. The van der Waals surface area contributed by atoms with Crippen LogP contribution in [0.2, 0.25) is 0 Å². The first kappa shape index (κ1) is 17.3. The number of hydrogen-bond acceptors (Lipinski definition) is 7. The van der Waals surface area contributed by atoms with Gasteiger partial charge in [-0.2, -0.15) is 0 Å². The van der Waals surface area contributed by atoms with E-state index in [-0.39, 0.29) is 10.7 Å². The first-order chi connectivity index (χ1) is 12.0. The third-order valence-electron chi connectivity index (χ3n) is 3.29. The molecule has 1 heterocycles. The lowest BCUT2D eigenvalue weighted by molar-refractivity contribution is 0.103. The topological polar surface area (TPSA) is 94.0 Å². The summed E-state index contributed by atoms with van der Waals surface area (Å²) in [5, 5.41) is 8.79. The molecule has 5 nitrogen and oxygen atoms in total. The van der Waals surface area contributed by atoms with E-state index in [2.05, 4.69) is 10.3 Å². The Morgan fingerprint density at radius 2 is 1.76 bits per heavy atom. The fourth-order valence-electron chi connectivity index (χ4n) is 2.12. The molecule has 0 bridgehead atoms. The quantitative estimate of drug-likeness (QED) is 0.460. The zero-order valence-corrected chi connectivity index (χ0v) is 14.3. The van der Waals surface area contributed by atoms with Crippen molar-refractivity contribution in [2.24, 2.45) is 5.14 Å². The Balaban J connectivity index is 1.88. The van der Waals surface area contributed by atoms with Crippen molar-refractivity contribution in [3.8, 4) is 0 Å². The Hall–Kier alpha value is -2.49. The SMILES string of the molecule is NSc1ccc(Nc2nc(N)c(C(=O)c3c(F)cccc3F)s2)cc1. The van der Waals surface area contributed by atoms with Crippen molar-refractivity contribution in [1.29, 1.82) is 0 Å². The number of carbonyl (C=O) groups is 1. The second-order valence-corrected chi connectivity index (χ2v) is 6.63. The average Bonchev–Trinajstić information content (AvgIpc) is 2.95. The Morgan fingerprint density at radius 3 is 2.36 bits per heavy atom. The number of nitrogens with one attached hydrogen (secondary N) is 1. The van der Waals surface area contributed by atoms with E-state index in [1.165, 1.54) is 6.07 Å². The highest BCUT2D eigenvalue weighted by Gasteiger charge is 2.24. The summed E-state index contributed by atoms with van der Waals surface area (Å²) in [7, 11) is 0. The number of ketones is 1. The van der Waals surface area contributed by atoms with E-state index < -0.39 is 23.0 Å². The van der Waals surface area contributed by atoms with Crippen molar-refractivity contribution in [2.45, 2.75) is 4.90 Å². The number of aromatic nitrogens is 1. The van der Waals surface area contributed by atoms with E-state index >= 15 is 0 Å². The molecule has 0 atom stereocenters. The zero-order valence-electron chi connectivity index (χ0n) is 12.6. The van der Waals surface area contributed by atoms with Crippen molar-refractivity contribution in [3.05, 3.63) is 64.5 Å². The third kappa shape index (κ3) is 3.63. The fourth-order valence-corrected chi connectivity index (χ4v) is 3.26. The summed E-state index contributed by atoms with van der Waals surface area (Å²) in [5.74, 6) is -2.81. The first-order valence-corrected chi connectivity index (χ1v) is 8.68. The lowest BCUT2D eigenvalue weighted by atomic mass is 10.1. The highest BCUT2D eigenvalue weighted by Crippen LogP contribution is 2.31. The van der Waals surface area contributed by atoms with Gasteiger partial charge in [-0.05, 0) is 48.3 Å². The van der Waals surface area contributed by atoms with Gasteiger partial charge in [0.05, 0.1) is 5.56 Å². The maximum atomic E-state index is 13.8. The van der Waals surface area contributed by atoms with Crippen LogP contribution in [-0.4, -0.2) is 10.8 Å². The average molecular weight is 378 g/mol. The molecular weight excluding hydrogens is 366 g/mol. The van der Waals surface area contributed by atoms with Gasteiger partial charge < -0.3 is 11.1 Å². The summed E-state index contributed by atoms with van der Waals surface area (Å²) in [4.78, 5) is 17.3. The maximum Gasteiger partial charge on any atom is 0.212 e. The number of nitrogen functional groups attached to an aromatic ring is 1. The molecule has 3 aromatic rings. The number of halogens is 2. The molecule has 2 aromatic carbocycles. The van der Waals surface area contributed by atoms with Crippen LogP contribution in [0.25, 0.3) is 0 Å². The molecule has 9 heteroatoms. The molecule has 0 amide bonds. The second-order valence-electron chi connectivity index (χ2n) is 4.93. The lowest BCUT2D eigenvalue weighted by Crippen LogP contribution is -2.07. The number of nitrogens with two attached hydrogens (primary N) is 2. The zero-order chi connectivity index (χ0) is 18.0. The van der Waals surface area contributed by atoms with Gasteiger partial charge in [0.15, 0.2) is 5.13 Å². The van der Waals surface area contributed by atoms with E-state index in [1.807, 2.05) is 12.1 Å². The van der Waals surface area contributed by atoms with Gasteiger partial charge in [0.25, 0.3) is 0 Å². The van der Waals surface area contributed by atoms with Crippen molar-refractivity contribution in [2.75, 3.05) is 11.1 Å². The minimum atomic E-state index is -0.942. The summed E-state index contributed by atoms with van der Waals surface area (Å²) in [5.41, 5.74) is 5.82. The summed E-state index contributed by atoms with van der Waals surface area (Å²) in [6, 6.07) is 10.4. The molecule has 0 aliphatic rings. The van der Waals surface area contributed by atoms with Crippen molar-refractivity contribution in [1.82, 2.24) is 4.98 Å². The number of nitrogens with zero attached hydrogens (tertiary/aromatic N) is 1. The number of anilines is 3. The van der Waals surface area contributed by atoms with Crippen LogP contribution in [-0.2, 0) is 0 Å². The van der Waals surface area contributed by atoms with Gasteiger partial charge in [-0.1, -0.05) is 17.4 Å². The van der Waals surface area contributed by atoms with Crippen molar-refractivity contribution >= 4 is 45.7 Å². The van der Waals surface area contributed by atoms with Crippen LogP contribution < -0.4 is 16.2 Å². The molecule has 128 valence electrons. The second kappa shape index (κ2) is 7.18. The normalized spacial score (nSPS) is 10.7. The van der Waals surface area contributed by atoms with Crippen LogP contribution in [0.1, 0.15) is 15.2 Å². The van der Waals surface area contributed by atoms with Crippen LogP contribution in [0.4, 0.5) is 25.4 Å². The van der Waals surface area contributed by atoms with Crippen LogP contribution >= 0.6 is 23.3 Å². The Bertz CT molecular complexity index is 908. The fraction of sp³-hybridized carbons (Fsp3) is 0. The lowest BCUT2D eigenvalue weighted by Gasteiger charge is -2.03. The van der Waals surface area contributed by atoms with Crippen LogP contribution in [0.3, 0.4) is 0 Å². The first-order valence-electron chi connectivity index (χ1n) is 6.98. The molecule has 0 radical (unpaired) electrons. The van der Waals surface area contributed by atoms with E-state index in [1.54, 1.807) is 12.1 Å². The molecule has 0 spiro atoms. The number of thiazole rings is 1. The van der Waals surface area contributed by atoms with E-state index in [9.17, 15) is 13.6 Å². The number of carbonyl (C=O) groups excluding carboxylic acids is 1. The molecule has 5 N–H and O–H groups in total. The number of hydrogen-bond donors (Lipinski definition) is 3. The Kier molecular flexibility index (Phi) is 4.98. The van der Waals surface area contributed by atoms with E-state index in [0.29, 0.717) is 10.8 Å². The predicted octanol–water partition coefficient (Wildman–Crippen LogP) is 3.94. The maximum absolute atomic E-state index is 13.8. The van der Waals surface area contributed by atoms with Gasteiger partial charge in [-0.25, -0.2) is 13.8 Å². The molecule has 0 saturated heterocycles. The van der Waals surface area contributed by atoms with Crippen LogP contribution in [0, 0.1) is 11.6 Å². The van der Waals surface area contributed by atoms with E-state index in [0.717, 1.165) is 40.3 Å². The van der Waals surface area contributed by atoms with Crippen molar-refractivity contribution < 1.29 is 13.6 Å². The molecule has 0 aliphatic heterocycles. The predicted molar refractivity (Wildman–Crippen MR) is 96.1 cm³/mol. The summed E-state index contributed by atoms with van der Waals surface area (Å²) < 4.78 is 27.6. The van der Waals surface area contributed by atoms with Gasteiger partial charge in [0.2, 0.25) is 5.78 Å². The Morgan fingerprint density at radius 1 is 1.12 bits per heavy atom. The van der Waals surface area contributed by atoms with Gasteiger partial charge in [0.1, 0.15) is 22.3 Å². The third-order valence-corrected chi connectivity index (χ3v) is 4.82. The Labute approximate surface area is 150 Å². The van der Waals surface area contributed by atoms with Gasteiger partial charge in [-0.15, -0.1) is 0 Å². The summed E-state index contributed by atoms with van der Waals surface area (Å²) in [6.07, 6.45) is 0.